The van der Waals surface area contributed by atoms with Gasteiger partial charge in [-0.15, -0.1) is 0 Å². The molecular weight excluding hydrogens is 449 g/mol. The van der Waals surface area contributed by atoms with Crippen molar-refractivity contribution < 1.29 is 24.2 Å². The SMILES string of the molecule is CC(C)C1N[C@@H]([C@@H](O)[C@H](Cc2ccccc2)N(C(=O)O)C(C)(C)C)C(=O)N1Cc1cccc(F)c1. The number of carboxylic acid groups (broad SMARTS) is 1. The molecule has 1 aliphatic heterocycles. The maximum absolute atomic E-state index is 13.8. The van der Waals surface area contributed by atoms with Crippen LogP contribution in [0.5, 0.6) is 0 Å². The van der Waals surface area contributed by atoms with Gasteiger partial charge in [0, 0.05) is 12.1 Å². The van der Waals surface area contributed by atoms with Crippen LogP contribution in [-0.4, -0.2) is 61.9 Å². The molecule has 7 nitrogen and oxygen atoms in total. The molecule has 2 aromatic rings. The largest absolute Gasteiger partial charge is 0.465 e. The Morgan fingerprint density at radius 3 is 2.29 bits per heavy atom. The molecule has 0 aromatic heterocycles. The van der Waals surface area contributed by atoms with Gasteiger partial charge in [-0.2, -0.15) is 0 Å². The third kappa shape index (κ3) is 6.18. The Labute approximate surface area is 206 Å². The predicted octanol–water partition coefficient (Wildman–Crippen LogP) is 3.86. The number of nitrogens with zero attached hydrogens (tertiary/aromatic N) is 2. The number of aliphatic hydroxyl groups excluding tert-OH is 1. The fraction of sp³-hybridized carbons (Fsp3) is 0.481. The summed E-state index contributed by atoms with van der Waals surface area (Å²) in [5, 5.41) is 24.9. The van der Waals surface area contributed by atoms with E-state index >= 15 is 0 Å². The molecule has 0 bridgehead atoms. The highest BCUT2D eigenvalue weighted by Crippen LogP contribution is 2.28. The van der Waals surface area contributed by atoms with E-state index in [1.165, 1.54) is 17.0 Å². The number of hydrogen-bond acceptors (Lipinski definition) is 4. The molecule has 4 atom stereocenters. The summed E-state index contributed by atoms with van der Waals surface area (Å²) in [7, 11) is 0. The second-order valence-corrected chi connectivity index (χ2v) is 10.5. The Balaban J connectivity index is 1.95. The summed E-state index contributed by atoms with van der Waals surface area (Å²) in [4.78, 5) is 28.8. The first kappa shape index (κ1) is 26.6. The molecule has 1 fully saturated rings. The number of benzene rings is 2. The molecule has 0 aliphatic carbocycles. The molecule has 8 heteroatoms. The second-order valence-electron chi connectivity index (χ2n) is 10.5. The highest BCUT2D eigenvalue weighted by Gasteiger charge is 2.48. The van der Waals surface area contributed by atoms with Crippen molar-refractivity contribution in [1.29, 1.82) is 0 Å². The van der Waals surface area contributed by atoms with Gasteiger partial charge in [-0.3, -0.25) is 15.0 Å². The Bertz CT molecular complexity index is 1020. The molecule has 3 N–H and O–H groups in total. The van der Waals surface area contributed by atoms with Crippen LogP contribution in [-0.2, 0) is 17.8 Å². The molecule has 0 spiro atoms. The zero-order chi connectivity index (χ0) is 25.9. The molecule has 3 rings (SSSR count). The predicted molar refractivity (Wildman–Crippen MR) is 132 cm³/mol. The van der Waals surface area contributed by atoms with E-state index in [-0.39, 0.29) is 30.6 Å². The number of hydrogen-bond donors (Lipinski definition) is 3. The van der Waals surface area contributed by atoms with Crippen molar-refractivity contribution in [3.8, 4) is 0 Å². The maximum Gasteiger partial charge on any atom is 0.408 e. The number of amides is 2. The first-order valence-corrected chi connectivity index (χ1v) is 12.0. The number of aliphatic hydroxyl groups is 1. The van der Waals surface area contributed by atoms with Crippen LogP contribution in [0.1, 0.15) is 45.7 Å². The van der Waals surface area contributed by atoms with Gasteiger partial charge in [0.15, 0.2) is 0 Å². The van der Waals surface area contributed by atoms with Crippen molar-refractivity contribution >= 4 is 12.0 Å². The molecule has 35 heavy (non-hydrogen) atoms. The van der Waals surface area contributed by atoms with Crippen LogP contribution in [0, 0.1) is 11.7 Å². The van der Waals surface area contributed by atoms with Crippen LogP contribution in [0.25, 0.3) is 0 Å². The van der Waals surface area contributed by atoms with E-state index in [0.29, 0.717) is 5.56 Å². The fourth-order valence-electron chi connectivity index (χ4n) is 4.84. The van der Waals surface area contributed by atoms with Crippen molar-refractivity contribution in [3.63, 3.8) is 0 Å². The van der Waals surface area contributed by atoms with Gasteiger partial charge < -0.3 is 15.1 Å². The van der Waals surface area contributed by atoms with E-state index in [9.17, 15) is 24.2 Å². The van der Waals surface area contributed by atoms with Crippen molar-refractivity contribution in [2.45, 2.75) is 77.5 Å². The summed E-state index contributed by atoms with van der Waals surface area (Å²) in [5.74, 6) is -0.710. The minimum absolute atomic E-state index is 0.00970. The second kappa shape index (κ2) is 10.7. The van der Waals surface area contributed by atoms with Crippen LogP contribution < -0.4 is 5.32 Å². The molecular formula is C27H36FN3O4. The molecule has 1 aliphatic rings. The Hall–Kier alpha value is -2.97. The minimum atomic E-state index is -1.31. The molecule has 1 unspecified atom stereocenters. The van der Waals surface area contributed by atoms with E-state index in [4.69, 9.17) is 0 Å². The summed E-state index contributed by atoms with van der Waals surface area (Å²) in [6.45, 7) is 9.40. The zero-order valence-electron chi connectivity index (χ0n) is 21.0. The van der Waals surface area contributed by atoms with Crippen LogP contribution in [0.2, 0.25) is 0 Å². The Morgan fingerprint density at radius 1 is 1.11 bits per heavy atom. The van der Waals surface area contributed by atoms with Crippen molar-refractivity contribution in [2.24, 2.45) is 5.92 Å². The van der Waals surface area contributed by atoms with Gasteiger partial charge >= 0.3 is 6.09 Å². The van der Waals surface area contributed by atoms with E-state index in [1.807, 2.05) is 44.2 Å². The van der Waals surface area contributed by atoms with E-state index in [1.54, 1.807) is 37.8 Å². The van der Waals surface area contributed by atoms with Crippen molar-refractivity contribution in [2.75, 3.05) is 0 Å². The lowest BCUT2D eigenvalue weighted by Crippen LogP contribution is -2.61. The summed E-state index contributed by atoms with van der Waals surface area (Å²) in [6.07, 6.45) is -2.62. The van der Waals surface area contributed by atoms with Crippen molar-refractivity contribution in [1.82, 2.24) is 15.1 Å². The lowest BCUT2D eigenvalue weighted by molar-refractivity contribution is -0.134. The number of nitrogens with one attached hydrogen (secondary N) is 1. The molecule has 190 valence electrons. The first-order chi connectivity index (χ1) is 16.4. The minimum Gasteiger partial charge on any atom is -0.465 e. The standard InChI is InChI=1S/C27H36FN3O4/c1-17(2)24-29-22(25(33)30(24)16-19-12-9-13-20(28)14-19)23(32)21(15-18-10-7-6-8-11-18)31(26(34)35)27(3,4)5/h6-14,17,21-24,29,32H,15-16H2,1-5H3,(H,34,35)/t21-,22-,23-,24?/m0/s1. The Kier molecular flexibility index (Phi) is 8.18. The summed E-state index contributed by atoms with van der Waals surface area (Å²) in [5.41, 5.74) is 0.685. The number of carbonyl (C=O) groups is 2. The lowest BCUT2D eigenvalue weighted by atomic mass is 9.91. The van der Waals surface area contributed by atoms with Gasteiger partial charge in [0.1, 0.15) is 11.9 Å². The maximum atomic E-state index is 13.8. The topological polar surface area (TPSA) is 93.1 Å². The summed E-state index contributed by atoms with van der Waals surface area (Å²) in [6, 6.07) is 13.5. The first-order valence-electron chi connectivity index (χ1n) is 12.0. The fourth-order valence-corrected chi connectivity index (χ4v) is 4.84. The van der Waals surface area contributed by atoms with Crippen LogP contribution in [0.15, 0.2) is 54.6 Å². The third-order valence-electron chi connectivity index (χ3n) is 6.39. The third-order valence-corrected chi connectivity index (χ3v) is 6.39. The van der Waals surface area contributed by atoms with Gasteiger partial charge in [0.2, 0.25) is 5.91 Å². The van der Waals surface area contributed by atoms with Crippen LogP contribution in [0.3, 0.4) is 0 Å². The molecule has 2 amide bonds. The normalized spacial score (nSPS) is 20.2. The molecule has 2 aromatic carbocycles. The Morgan fingerprint density at radius 2 is 1.74 bits per heavy atom. The van der Waals surface area contributed by atoms with Gasteiger partial charge in [-0.25, -0.2) is 9.18 Å². The molecule has 0 radical (unpaired) electrons. The van der Waals surface area contributed by atoms with Gasteiger partial charge in [-0.1, -0.05) is 56.3 Å². The van der Waals surface area contributed by atoms with Crippen LogP contribution in [0.4, 0.5) is 9.18 Å². The molecule has 1 saturated heterocycles. The molecule has 0 saturated carbocycles. The number of carbonyl (C=O) groups excluding carboxylic acids is 1. The lowest BCUT2D eigenvalue weighted by Gasteiger charge is -2.42. The summed E-state index contributed by atoms with van der Waals surface area (Å²) >= 11 is 0. The van der Waals surface area contributed by atoms with Crippen molar-refractivity contribution in [3.05, 3.63) is 71.5 Å². The number of rotatable bonds is 8. The van der Waals surface area contributed by atoms with Gasteiger partial charge in [-0.05, 0) is 56.4 Å². The molecule has 1 heterocycles. The van der Waals surface area contributed by atoms with Gasteiger partial charge in [0.25, 0.3) is 0 Å². The average molecular weight is 486 g/mol. The van der Waals surface area contributed by atoms with Gasteiger partial charge in [0.05, 0.1) is 18.3 Å². The average Bonchev–Trinajstić information content (AvgIpc) is 3.08. The highest BCUT2D eigenvalue weighted by atomic mass is 19.1. The quantitative estimate of drug-likeness (QED) is 0.528. The highest BCUT2D eigenvalue weighted by molar-refractivity contribution is 5.85. The number of halogens is 1. The van der Waals surface area contributed by atoms with E-state index < -0.39 is 36.0 Å². The summed E-state index contributed by atoms with van der Waals surface area (Å²) < 4.78 is 13.8. The monoisotopic (exact) mass is 485 g/mol. The smallest absolute Gasteiger partial charge is 0.408 e. The zero-order valence-corrected chi connectivity index (χ0v) is 21.0. The van der Waals surface area contributed by atoms with E-state index in [0.717, 1.165) is 5.56 Å². The van der Waals surface area contributed by atoms with E-state index in [2.05, 4.69) is 5.32 Å². The van der Waals surface area contributed by atoms with Crippen LogP contribution >= 0.6 is 0 Å².